The maximum atomic E-state index is 12.9. The van der Waals surface area contributed by atoms with Gasteiger partial charge >= 0.3 is 12.4 Å². The van der Waals surface area contributed by atoms with Crippen molar-refractivity contribution in [2.75, 3.05) is 24.5 Å². The van der Waals surface area contributed by atoms with Crippen molar-refractivity contribution in [3.63, 3.8) is 0 Å². The number of alkyl halides is 6. The third kappa shape index (κ3) is 3.80. The van der Waals surface area contributed by atoms with Gasteiger partial charge in [0.2, 0.25) is 0 Å². The normalized spacial score (nSPS) is 18.5. The molecule has 1 aromatic heterocycles. The summed E-state index contributed by atoms with van der Waals surface area (Å²) in [4.78, 5) is 17.0. The van der Waals surface area contributed by atoms with Crippen LogP contribution in [0.5, 0.6) is 0 Å². The Balaban J connectivity index is 2.37. The van der Waals surface area contributed by atoms with Crippen molar-refractivity contribution in [2.24, 2.45) is 0 Å². The molecule has 1 fully saturated rings. The van der Waals surface area contributed by atoms with Crippen LogP contribution in [0.1, 0.15) is 12.5 Å². The minimum absolute atomic E-state index is 0.0112. The Hall–Kier alpha value is -2.68. The van der Waals surface area contributed by atoms with Crippen LogP contribution in [0.15, 0.2) is 18.3 Å². The van der Waals surface area contributed by atoms with Gasteiger partial charge in [-0.2, -0.15) is 26.3 Å². The molecule has 2 rings (SSSR count). The van der Waals surface area contributed by atoms with Gasteiger partial charge in [0.05, 0.1) is 6.54 Å². The van der Waals surface area contributed by atoms with Crippen LogP contribution >= 0.6 is 0 Å². The molecule has 154 valence electrons. The fourth-order valence-electron chi connectivity index (χ4n) is 2.77. The first-order chi connectivity index (χ1) is 12.8. The molecule has 0 aliphatic carbocycles. The Morgan fingerprint density at radius 2 is 1.82 bits per heavy atom. The molecule has 1 saturated heterocycles. The number of aliphatic hydroxyl groups is 1. The number of halogens is 6. The van der Waals surface area contributed by atoms with Crippen LogP contribution in [0.4, 0.5) is 37.0 Å². The molecule has 0 unspecified atom stereocenters. The van der Waals surface area contributed by atoms with Crippen molar-refractivity contribution in [3.8, 4) is 11.8 Å². The van der Waals surface area contributed by atoms with Crippen LogP contribution in [-0.2, 0) is 5.60 Å². The fourth-order valence-corrected chi connectivity index (χ4v) is 2.77. The molecule has 1 aliphatic heterocycles. The smallest absolute Gasteiger partial charge is 0.430 e. The summed E-state index contributed by atoms with van der Waals surface area (Å²) in [6, 6.07) is 0.640. The highest BCUT2D eigenvalue weighted by Gasteiger charge is 2.71. The summed E-state index contributed by atoms with van der Waals surface area (Å²) >= 11 is 0. The van der Waals surface area contributed by atoms with Crippen molar-refractivity contribution in [2.45, 2.75) is 30.9 Å². The van der Waals surface area contributed by atoms with Crippen LogP contribution < -0.4 is 10.0 Å². The Morgan fingerprint density at radius 1 is 1.21 bits per heavy atom. The summed E-state index contributed by atoms with van der Waals surface area (Å²) in [7, 11) is 0. The molecule has 0 bridgehead atoms. The number of carbonyl (C=O) groups is 1. The lowest BCUT2D eigenvalue weighted by atomic mass is 9.94. The van der Waals surface area contributed by atoms with Gasteiger partial charge in [-0.15, -0.1) is 5.92 Å². The lowest BCUT2D eigenvalue weighted by Gasteiger charge is -2.41. The number of piperazine rings is 1. The van der Waals surface area contributed by atoms with Gasteiger partial charge in [-0.3, -0.25) is 0 Å². The number of nitrogens with zero attached hydrogens (tertiary/aromatic N) is 3. The highest BCUT2D eigenvalue weighted by atomic mass is 19.4. The molecule has 1 aliphatic rings. The number of aromatic nitrogens is 1. The van der Waals surface area contributed by atoms with Gasteiger partial charge in [0.25, 0.3) is 5.60 Å². The molecular weight excluding hydrogens is 396 g/mol. The van der Waals surface area contributed by atoms with Gasteiger partial charge in [-0.1, -0.05) is 12.0 Å². The van der Waals surface area contributed by atoms with Crippen molar-refractivity contribution < 1.29 is 41.4 Å². The Bertz CT molecular complexity index is 768. The first kappa shape index (κ1) is 21.6. The molecule has 0 aromatic carbocycles. The molecule has 0 saturated carbocycles. The van der Waals surface area contributed by atoms with E-state index in [0.717, 1.165) is 11.0 Å². The van der Waals surface area contributed by atoms with Gasteiger partial charge in [-0.25, -0.2) is 4.98 Å². The number of anilines is 1. The average molecular weight is 410 g/mol. The van der Waals surface area contributed by atoms with E-state index in [1.165, 1.54) is 11.8 Å². The van der Waals surface area contributed by atoms with E-state index in [0.29, 0.717) is 6.07 Å². The zero-order chi connectivity index (χ0) is 21.3. The second kappa shape index (κ2) is 7.38. The zero-order valence-electron chi connectivity index (χ0n) is 14.3. The second-order valence-electron chi connectivity index (χ2n) is 5.93. The third-order valence-electron chi connectivity index (χ3n) is 4.23. The number of amides is 1. The highest BCUT2D eigenvalue weighted by molar-refractivity contribution is 5.63. The van der Waals surface area contributed by atoms with Crippen LogP contribution in [-0.4, -0.2) is 59.1 Å². The number of carboxylic acid groups (broad SMARTS) is 1. The zero-order valence-corrected chi connectivity index (χ0v) is 14.3. The molecule has 1 amide bonds. The molecule has 2 heterocycles. The number of pyridine rings is 1. The molecule has 12 heteroatoms. The van der Waals surface area contributed by atoms with E-state index in [4.69, 9.17) is 0 Å². The second-order valence-corrected chi connectivity index (χ2v) is 5.93. The molecule has 28 heavy (non-hydrogen) atoms. The topological polar surface area (TPSA) is 79.7 Å². The minimum atomic E-state index is -6.01. The van der Waals surface area contributed by atoms with Gasteiger partial charge in [0.1, 0.15) is 18.0 Å². The maximum absolute atomic E-state index is 12.9. The Labute approximate surface area is 155 Å². The molecule has 1 atom stereocenters. The molecule has 6 nitrogen and oxygen atoms in total. The van der Waals surface area contributed by atoms with Crippen molar-refractivity contribution in [1.29, 1.82) is 0 Å². The van der Waals surface area contributed by atoms with Gasteiger partial charge in [0, 0.05) is 24.8 Å². The van der Waals surface area contributed by atoms with Gasteiger partial charge in [-0.05, 0) is 13.0 Å². The van der Waals surface area contributed by atoms with Crippen molar-refractivity contribution in [1.82, 2.24) is 9.88 Å². The Morgan fingerprint density at radius 3 is 2.25 bits per heavy atom. The van der Waals surface area contributed by atoms with Gasteiger partial charge in [0.15, 0.2) is 0 Å². The van der Waals surface area contributed by atoms with E-state index in [1.54, 1.807) is 0 Å². The van der Waals surface area contributed by atoms with E-state index in [-0.39, 0.29) is 31.6 Å². The van der Waals surface area contributed by atoms with Crippen molar-refractivity contribution in [3.05, 3.63) is 23.9 Å². The van der Waals surface area contributed by atoms with Crippen LogP contribution in [0, 0.1) is 11.8 Å². The first-order valence-electron chi connectivity index (χ1n) is 7.80. The fraction of sp³-hybridized carbons (Fsp3) is 0.500. The predicted octanol–water partition coefficient (Wildman–Crippen LogP) is 1.25. The lowest BCUT2D eigenvalue weighted by molar-refractivity contribution is -0.376. The van der Waals surface area contributed by atoms with E-state index in [1.807, 2.05) is 0 Å². The van der Waals surface area contributed by atoms with E-state index >= 15 is 0 Å². The summed E-state index contributed by atoms with van der Waals surface area (Å²) in [6.45, 7) is 1.42. The van der Waals surface area contributed by atoms with Gasteiger partial charge < -0.3 is 24.8 Å². The molecule has 1 aromatic rings. The van der Waals surface area contributed by atoms with E-state index < -0.39 is 35.7 Å². The van der Waals surface area contributed by atoms with Crippen LogP contribution in [0.3, 0.4) is 0 Å². The van der Waals surface area contributed by atoms with Crippen LogP contribution in [0.25, 0.3) is 0 Å². The molecule has 1 N–H and O–H groups in total. The quantitative estimate of drug-likeness (QED) is 0.587. The summed E-state index contributed by atoms with van der Waals surface area (Å²) in [5.41, 5.74) is -6.55. The SMILES string of the molecule is CC#C[C@H]1CN(C(=O)[O-])CCN1c1ccc(C(O)(C(F)(F)F)C(F)(F)F)cn1. The standard InChI is InChI=1S/C16H15F6N3O3/c1-2-3-11-9-24(13(26)27)6-7-25(11)12-5-4-10(8-23-12)14(28,15(17,18)19)16(20,21)22/h4-5,8,11,28H,6-7,9H2,1H3,(H,26,27)/p-1/t11-/m0/s1. The largest absolute Gasteiger partial charge is 0.530 e. The summed E-state index contributed by atoms with van der Waals surface area (Å²) in [6.07, 6.45) is -13.2. The average Bonchev–Trinajstić information content (AvgIpc) is 2.59. The third-order valence-corrected chi connectivity index (χ3v) is 4.23. The van der Waals surface area contributed by atoms with Crippen molar-refractivity contribution >= 4 is 11.9 Å². The van der Waals surface area contributed by atoms with Crippen LogP contribution in [0.2, 0.25) is 0 Å². The number of hydrogen-bond donors (Lipinski definition) is 1. The van der Waals surface area contributed by atoms with E-state index in [9.17, 15) is 41.4 Å². The lowest BCUT2D eigenvalue weighted by Crippen LogP contribution is -2.57. The molecular formula is C16H14F6N3O3-. The first-order valence-corrected chi connectivity index (χ1v) is 7.80. The number of carbonyl (C=O) groups excluding carboxylic acids is 1. The summed E-state index contributed by atoms with van der Waals surface area (Å²) < 4.78 is 77.6. The minimum Gasteiger partial charge on any atom is -0.530 e. The number of hydrogen-bond acceptors (Lipinski definition) is 5. The molecule has 0 spiro atoms. The highest BCUT2D eigenvalue weighted by Crippen LogP contribution is 2.49. The predicted molar refractivity (Wildman–Crippen MR) is 81.8 cm³/mol. The monoisotopic (exact) mass is 410 g/mol. The Kier molecular flexibility index (Phi) is 5.70. The molecule has 0 radical (unpaired) electrons. The summed E-state index contributed by atoms with van der Waals surface area (Å²) in [5, 5.41) is 20.4. The maximum Gasteiger partial charge on any atom is 0.430 e. The number of rotatable bonds is 2. The summed E-state index contributed by atoms with van der Waals surface area (Å²) in [5.74, 6) is 5.27. The van der Waals surface area contributed by atoms with E-state index in [2.05, 4.69) is 16.8 Å².